The molecule has 4 heteroatoms. The molecule has 4 heterocycles. The van der Waals surface area contributed by atoms with Crippen molar-refractivity contribution < 1.29 is 4.42 Å². The molecule has 1 unspecified atom stereocenters. The van der Waals surface area contributed by atoms with E-state index in [-0.39, 0.29) is 50.5 Å². The van der Waals surface area contributed by atoms with Crippen LogP contribution in [0.4, 0.5) is 34.1 Å². The van der Waals surface area contributed by atoms with Crippen molar-refractivity contribution in [1.82, 2.24) is 0 Å². The molecule has 0 N–H and O–H groups in total. The van der Waals surface area contributed by atoms with Crippen molar-refractivity contribution in [1.29, 1.82) is 0 Å². The molecule has 2 aliphatic carbocycles. The van der Waals surface area contributed by atoms with Crippen molar-refractivity contribution in [2.45, 2.75) is 180 Å². The molecule has 5 aliphatic rings. The van der Waals surface area contributed by atoms with Gasteiger partial charge in [-0.05, 0) is 185 Å². The van der Waals surface area contributed by atoms with Crippen LogP contribution in [0, 0.1) is 12.1 Å². The summed E-state index contributed by atoms with van der Waals surface area (Å²) in [6.45, 7) is 38.4. The lowest BCUT2D eigenvalue weighted by molar-refractivity contribution is 0.332. The maximum Gasteiger partial charge on any atom is 0.252 e. The van der Waals surface area contributed by atoms with E-state index >= 15 is 0 Å². The van der Waals surface area contributed by atoms with Gasteiger partial charge in [0.05, 0.1) is 17.3 Å². The van der Waals surface area contributed by atoms with E-state index in [0.717, 1.165) is 42.0 Å². The third-order valence-electron chi connectivity index (χ3n) is 19.7. The first kappa shape index (κ1) is 49.2. The molecule has 0 radical (unpaired) electrons. The van der Waals surface area contributed by atoms with E-state index in [1.807, 2.05) is 0 Å². The Labute approximate surface area is 455 Å². The molecular formula is C72H77BN2O. The van der Waals surface area contributed by atoms with Gasteiger partial charge in [0.1, 0.15) is 11.3 Å². The summed E-state index contributed by atoms with van der Waals surface area (Å²) in [6.07, 6.45) is 4.61. The summed E-state index contributed by atoms with van der Waals surface area (Å²) in [7, 11) is 0. The van der Waals surface area contributed by atoms with Gasteiger partial charge in [0.2, 0.25) is 0 Å². The molecule has 0 spiro atoms. The summed E-state index contributed by atoms with van der Waals surface area (Å²) in [5.74, 6) is 0.869. The Balaban J connectivity index is 1.21. The first-order valence-electron chi connectivity index (χ1n) is 28.5. The van der Waals surface area contributed by atoms with Gasteiger partial charge in [-0.25, -0.2) is 0 Å². The van der Waals surface area contributed by atoms with Crippen LogP contribution >= 0.6 is 0 Å². The predicted molar refractivity (Wildman–Crippen MR) is 322 cm³/mol. The second kappa shape index (κ2) is 15.8. The van der Waals surface area contributed by atoms with Gasteiger partial charge in [-0.1, -0.05) is 184 Å². The number of rotatable bonds is 3. The number of fused-ring (bicyclic) bond motifs is 10. The molecule has 0 saturated heterocycles. The summed E-state index contributed by atoms with van der Waals surface area (Å²) in [6, 6.07) is 54.9. The minimum absolute atomic E-state index is 0.00305. The highest BCUT2D eigenvalue weighted by Crippen LogP contribution is 2.56. The highest BCUT2D eigenvalue weighted by atomic mass is 16.3. The Kier molecular flexibility index (Phi) is 10.2. The van der Waals surface area contributed by atoms with E-state index in [4.69, 9.17) is 4.42 Å². The largest absolute Gasteiger partial charge is 0.461 e. The second-order valence-corrected chi connectivity index (χ2v) is 29.0. The number of para-hydroxylation sites is 1. The van der Waals surface area contributed by atoms with Gasteiger partial charge in [0.15, 0.2) is 0 Å². The van der Waals surface area contributed by atoms with Crippen LogP contribution in [0.1, 0.15) is 204 Å². The van der Waals surface area contributed by atoms with E-state index in [1.165, 1.54) is 107 Å². The van der Waals surface area contributed by atoms with Crippen LogP contribution in [0.3, 0.4) is 0 Å². The van der Waals surface area contributed by atoms with Crippen molar-refractivity contribution in [3.05, 3.63) is 195 Å². The Bertz CT molecular complexity index is 3680. The Morgan fingerprint density at radius 1 is 0.487 bits per heavy atom. The predicted octanol–water partition coefficient (Wildman–Crippen LogP) is 17.2. The minimum atomic E-state index is -0.248. The molecule has 3 aliphatic heterocycles. The molecule has 1 atom stereocenters. The highest BCUT2D eigenvalue weighted by Gasteiger charge is 2.50. The minimum Gasteiger partial charge on any atom is -0.461 e. The zero-order valence-electron chi connectivity index (χ0n) is 48.3. The Morgan fingerprint density at radius 3 is 1.75 bits per heavy atom. The lowest BCUT2D eigenvalue weighted by Crippen LogP contribution is -2.62. The van der Waals surface area contributed by atoms with Crippen LogP contribution in [-0.2, 0) is 37.9 Å². The van der Waals surface area contributed by atoms with Gasteiger partial charge in [-0.3, -0.25) is 0 Å². The van der Waals surface area contributed by atoms with E-state index in [0.29, 0.717) is 0 Å². The fourth-order valence-corrected chi connectivity index (χ4v) is 14.7. The van der Waals surface area contributed by atoms with E-state index in [9.17, 15) is 0 Å². The van der Waals surface area contributed by atoms with Crippen molar-refractivity contribution in [2.24, 2.45) is 0 Å². The van der Waals surface area contributed by atoms with Crippen molar-refractivity contribution in [3.63, 3.8) is 0 Å². The second-order valence-electron chi connectivity index (χ2n) is 29.0. The van der Waals surface area contributed by atoms with Crippen molar-refractivity contribution in [3.8, 4) is 0 Å². The molecule has 0 saturated carbocycles. The smallest absolute Gasteiger partial charge is 0.252 e. The molecule has 1 aromatic heterocycles. The molecular weight excluding hydrogens is 920 g/mol. The van der Waals surface area contributed by atoms with Crippen LogP contribution in [-0.4, -0.2) is 6.71 Å². The maximum absolute atomic E-state index is 7.58. The van der Waals surface area contributed by atoms with E-state index in [2.05, 4.69) is 254 Å². The summed E-state index contributed by atoms with van der Waals surface area (Å²) >= 11 is 0. The van der Waals surface area contributed by atoms with Crippen LogP contribution in [0.2, 0.25) is 0 Å². The number of nitrogens with zero attached hydrogens (tertiary/aromatic N) is 2. The van der Waals surface area contributed by atoms with Crippen LogP contribution in [0.15, 0.2) is 126 Å². The number of anilines is 6. The van der Waals surface area contributed by atoms with Gasteiger partial charge in [-0.2, -0.15) is 0 Å². The molecule has 13 rings (SSSR count). The van der Waals surface area contributed by atoms with E-state index in [1.54, 1.807) is 0 Å². The topological polar surface area (TPSA) is 19.6 Å². The number of hydrogen-bond donors (Lipinski definition) is 0. The van der Waals surface area contributed by atoms with Gasteiger partial charge in [-0.15, -0.1) is 0 Å². The highest BCUT2D eigenvalue weighted by molar-refractivity contribution is 7.00. The summed E-state index contributed by atoms with van der Waals surface area (Å²) in [5.41, 5.74) is 25.7. The quantitative estimate of drug-likeness (QED) is 0.165. The molecule has 0 fully saturated rings. The molecule has 384 valence electrons. The fraction of sp³-hybridized carbons (Fsp3) is 0.389. The first-order valence-corrected chi connectivity index (χ1v) is 28.5. The van der Waals surface area contributed by atoms with Crippen molar-refractivity contribution >= 4 is 68.2 Å². The summed E-state index contributed by atoms with van der Waals surface area (Å²) < 4.78 is 7.58. The Hall–Kier alpha value is -6.44. The third-order valence-corrected chi connectivity index (χ3v) is 19.7. The number of furan rings is 1. The maximum atomic E-state index is 7.58. The standard InChI is InChI=1S/C72H77BN2O/c1-66(2,3)44-27-25-43(26-28-44)62-49-38-47(75-57-23-19-17-21-51(57)72(15,16)52-22-18-20-24-58(52)75)40-60-63(49)73(64-48-37-45(67(4,5)6)29-32-61(48)76-65(62)64)56-41-54-55(71(13,14)36-35-70(54,11)12)42-59(56)74(60)46-30-31-50-53(39-46)69(9,10)34-33-68(50,7)8/h17,19,21-32,37-42,62H,33-36H2,1-16H3. The monoisotopic (exact) mass is 997 g/mol. The molecule has 8 aromatic rings. The molecule has 0 amide bonds. The lowest BCUT2D eigenvalue weighted by atomic mass is 9.31. The molecule has 7 aromatic carbocycles. The summed E-state index contributed by atoms with van der Waals surface area (Å²) in [5, 5.41) is 1.23. The van der Waals surface area contributed by atoms with E-state index < -0.39 is 0 Å². The van der Waals surface area contributed by atoms with Gasteiger partial charge >= 0.3 is 0 Å². The van der Waals surface area contributed by atoms with Crippen LogP contribution in [0.25, 0.3) is 11.0 Å². The molecule has 76 heavy (non-hydrogen) atoms. The van der Waals surface area contributed by atoms with Crippen molar-refractivity contribution in [2.75, 3.05) is 9.80 Å². The average Bonchev–Trinajstić information content (AvgIpc) is 3.85. The lowest BCUT2D eigenvalue weighted by Gasteiger charge is -2.47. The zero-order chi connectivity index (χ0) is 53.6. The number of benzene rings is 6. The molecule has 0 bridgehead atoms. The zero-order valence-corrected chi connectivity index (χ0v) is 48.3. The fourth-order valence-electron chi connectivity index (χ4n) is 14.7. The first-order chi connectivity index (χ1) is 35.7. The number of hydrogen-bond acceptors (Lipinski definition) is 3. The van der Waals surface area contributed by atoms with Gasteiger partial charge < -0.3 is 14.2 Å². The van der Waals surface area contributed by atoms with Crippen LogP contribution in [0.5, 0.6) is 0 Å². The molecule has 3 nitrogen and oxygen atoms in total. The third kappa shape index (κ3) is 7.08. The normalized spacial score (nSPS) is 19.8. The van der Waals surface area contributed by atoms with Gasteiger partial charge in [0, 0.05) is 39.6 Å². The SMILES string of the molecule is CC(C)(C)c1ccc(C2c3cc(N4c5cc#ccc5C(C)(C)c5ccccc54)cc4c3B(c3cc5c(cc3N4c3ccc4c(c3)C(C)(C)CCC4(C)C)C(C)(C)CCC5(C)C)c3c2oc2ccc(C(C)(C)C)cc32)cc1. The summed E-state index contributed by atoms with van der Waals surface area (Å²) in [4.78, 5) is 5.27. The van der Waals surface area contributed by atoms with Crippen LogP contribution < -0.4 is 26.2 Å². The Morgan fingerprint density at radius 2 is 1.08 bits per heavy atom. The average molecular weight is 997 g/mol. The van der Waals surface area contributed by atoms with Gasteiger partial charge in [0.25, 0.3) is 6.71 Å².